The Balaban J connectivity index is 1.99. The van der Waals surface area contributed by atoms with Crippen molar-refractivity contribution in [2.24, 2.45) is 5.92 Å². The molecule has 0 heterocycles. The standard InChI is InChI=1S/C21H25NO/c1-17(2)15-20(12-9-18-7-5-4-6-8-18)22-16-19-10-13-21(23-3)14-11-19/h4-8,10-11,13-14,17,20,22H,15-16H2,1-3H3. The van der Waals surface area contributed by atoms with Crippen molar-refractivity contribution in [3.63, 3.8) is 0 Å². The first-order valence-corrected chi connectivity index (χ1v) is 8.10. The predicted octanol–water partition coefficient (Wildman–Crippen LogP) is 4.25. The van der Waals surface area contributed by atoms with E-state index in [4.69, 9.17) is 4.74 Å². The molecule has 0 radical (unpaired) electrons. The number of methoxy groups -OCH3 is 1. The zero-order chi connectivity index (χ0) is 16.5. The second-order valence-electron chi connectivity index (χ2n) is 6.05. The van der Waals surface area contributed by atoms with Gasteiger partial charge in [0, 0.05) is 12.1 Å². The van der Waals surface area contributed by atoms with Gasteiger partial charge in [0.2, 0.25) is 0 Å². The highest BCUT2D eigenvalue weighted by Crippen LogP contribution is 2.12. The van der Waals surface area contributed by atoms with Crippen LogP contribution in [0.3, 0.4) is 0 Å². The Hall–Kier alpha value is -2.24. The first-order valence-electron chi connectivity index (χ1n) is 8.10. The Morgan fingerprint density at radius 2 is 1.70 bits per heavy atom. The lowest BCUT2D eigenvalue weighted by molar-refractivity contribution is 0.414. The third-order valence-corrected chi connectivity index (χ3v) is 3.58. The second-order valence-corrected chi connectivity index (χ2v) is 6.05. The molecule has 1 N–H and O–H groups in total. The summed E-state index contributed by atoms with van der Waals surface area (Å²) in [6.45, 7) is 5.27. The predicted molar refractivity (Wildman–Crippen MR) is 96.4 cm³/mol. The van der Waals surface area contributed by atoms with Gasteiger partial charge in [-0.05, 0) is 42.2 Å². The van der Waals surface area contributed by atoms with Crippen LogP contribution in [-0.2, 0) is 6.54 Å². The molecule has 2 aromatic rings. The van der Waals surface area contributed by atoms with E-state index in [2.05, 4.69) is 43.1 Å². The van der Waals surface area contributed by atoms with Crippen LogP contribution in [0.15, 0.2) is 54.6 Å². The van der Waals surface area contributed by atoms with Crippen LogP contribution in [0.2, 0.25) is 0 Å². The van der Waals surface area contributed by atoms with Gasteiger partial charge in [0.1, 0.15) is 5.75 Å². The molecule has 0 aliphatic heterocycles. The van der Waals surface area contributed by atoms with Crippen molar-refractivity contribution >= 4 is 0 Å². The van der Waals surface area contributed by atoms with Crippen molar-refractivity contribution in [3.05, 3.63) is 65.7 Å². The third kappa shape index (κ3) is 6.18. The topological polar surface area (TPSA) is 21.3 Å². The van der Waals surface area contributed by atoms with Crippen LogP contribution in [0.4, 0.5) is 0 Å². The third-order valence-electron chi connectivity index (χ3n) is 3.58. The summed E-state index contributed by atoms with van der Waals surface area (Å²) < 4.78 is 5.19. The molecular weight excluding hydrogens is 282 g/mol. The molecule has 0 spiro atoms. The largest absolute Gasteiger partial charge is 0.497 e. The number of benzene rings is 2. The van der Waals surface area contributed by atoms with E-state index in [1.165, 1.54) is 5.56 Å². The monoisotopic (exact) mass is 307 g/mol. The number of nitrogens with one attached hydrogen (secondary N) is 1. The van der Waals surface area contributed by atoms with Crippen LogP contribution in [0.1, 0.15) is 31.4 Å². The minimum atomic E-state index is 0.192. The molecule has 2 aromatic carbocycles. The van der Waals surface area contributed by atoms with E-state index >= 15 is 0 Å². The SMILES string of the molecule is COc1ccc(CNC(C#Cc2ccccc2)CC(C)C)cc1. The molecule has 0 aromatic heterocycles. The maximum Gasteiger partial charge on any atom is 0.118 e. The smallest absolute Gasteiger partial charge is 0.118 e. The maximum atomic E-state index is 5.19. The lowest BCUT2D eigenvalue weighted by Crippen LogP contribution is -2.28. The number of hydrogen-bond donors (Lipinski definition) is 1. The average molecular weight is 307 g/mol. The molecule has 0 aliphatic rings. The molecule has 0 amide bonds. The van der Waals surface area contributed by atoms with Gasteiger partial charge in [0.15, 0.2) is 0 Å². The van der Waals surface area contributed by atoms with Crippen LogP contribution in [-0.4, -0.2) is 13.2 Å². The highest BCUT2D eigenvalue weighted by atomic mass is 16.5. The van der Waals surface area contributed by atoms with Gasteiger partial charge in [0.25, 0.3) is 0 Å². The molecule has 2 nitrogen and oxygen atoms in total. The van der Waals surface area contributed by atoms with Gasteiger partial charge in [-0.25, -0.2) is 0 Å². The summed E-state index contributed by atoms with van der Waals surface area (Å²) in [6.07, 6.45) is 1.04. The molecule has 23 heavy (non-hydrogen) atoms. The summed E-state index contributed by atoms with van der Waals surface area (Å²) in [5.74, 6) is 8.14. The minimum absolute atomic E-state index is 0.192. The molecule has 0 saturated heterocycles. The lowest BCUT2D eigenvalue weighted by atomic mass is 10.0. The normalized spacial score (nSPS) is 11.7. The first kappa shape index (κ1) is 17.1. The number of hydrogen-bond acceptors (Lipinski definition) is 2. The number of rotatable bonds is 6. The van der Waals surface area contributed by atoms with Crippen LogP contribution < -0.4 is 10.1 Å². The van der Waals surface area contributed by atoms with E-state index in [9.17, 15) is 0 Å². The summed E-state index contributed by atoms with van der Waals surface area (Å²) in [7, 11) is 1.69. The van der Waals surface area contributed by atoms with E-state index in [1.807, 2.05) is 42.5 Å². The van der Waals surface area contributed by atoms with Gasteiger partial charge in [-0.3, -0.25) is 5.32 Å². The van der Waals surface area contributed by atoms with Crippen LogP contribution in [0.25, 0.3) is 0 Å². The Bertz CT molecular complexity index is 635. The molecule has 0 aliphatic carbocycles. The summed E-state index contributed by atoms with van der Waals surface area (Å²) in [4.78, 5) is 0. The fourth-order valence-corrected chi connectivity index (χ4v) is 2.34. The molecular formula is C21H25NO. The van der Waals surface area contributed by atoms with E-state index in [0.29, 0.717) is 5.92 Å². The van der Waals surface area contributed by atoms with E-state index < -0.39 is 0 Å². The summed E-state index contributed by atoms with van der Waals surface area (Å²) in [5.41, 5.74) is 2.30. The lowest BCUT2D eigenvalue weighted by Gasteiger charge is -2.15. The quantitative estimate of drug-likeness (QED) is 0.806. The van der Waals surface area contributed by atoms with Gasteiger partial charge >= 0.3 is 0 Å². The van der Waals surface area contributed by atoms with Crippen molar-refractivity contribution in [2.45, 2.75) is 32.9 Å². The van der Waals surface area contributed by atoms with Crippen molar-refractivity contribution < 1.29 is 4.74 Å². The van der Waals surface area contributed by atoms with Crippen molar-refractivity contribution in [3.8, 4) is 17.6 Å². The summed E-state index contributed by atoms with van der Waals surface area (Å²) in [6, 6.07) is 18.5. The molecule has 1 atom stereocenters. The molecule has 0 bridgehead atoms. The van der Waals surface area contributed by atoms with Gasteiger partial charge in [-0.2, -0.15) is 0 Å². The molecule has 2 rings (SSSR count). The molecule has 0 fully saturated rings. The van der Waals surface area contributed by atoms with Crippen molar-refractivity contribution in [2.75, 3.05) is 7.11 Å². The molecule has 2 heteroatoms. The van der Waals surface area contributed by atoms with Gasteiger partial charge < -0.3 is 4.74 Å². The average Bonchev–Trinajstić information content (AvgIpc) is 2.58. The highest BCUT2D eigenvalue weighted by molar-refractivity contribution is 5.35. The minimum Gasteiger partial charge on any atom is -0.497 e. The van der Waals surface area contributed by atoms with Crippen molar-refractivity contribution in [1.82, 2.24) is 5.32 Å². The fourth-order valence-electron chi connectivity index (χ4n) is 2.34. The van der Waals surface area contributed by atoms with E-state index in [0.717, 1.165) is 24.3 Å². The molecule has 1 unspecified atom stereocenters. The fraction of sp³-hybridized carbons (Fsp3) is 0.333. The zero-order valence-corrected chi connectivity index (χ0v) is 14.2. The van der Waals surface area contributed by atoms with E-state index in [-0.39, 0.29) is 6.04 Å². The Kier molecular flexibility index (Phi) is 6.72. The van der Waals surface area contributed by atoms with Crippen LogP contribution in [0, 0.1) is 17.8 Å². The Labute approximate surface area is 139 Å². The van der Waals surface area contributed by atoms with Crippen LogP contribution in [0.5, 0.6) is 5.75 Å². The first-order chi connectivity index (χ1) is 11.2. The molecule has 0 saturated carbocycles. The van der Waals surface area contributed by atoms with Crippen LogP contribution >= 0.6 is 0 Å². The maximum absolute atomic E-state index is 5.19. The van der Waals surface area contributed by atoms with Gasteiger partial charge in [-0.15, -0.1) is 0 Å². The van der Waals surface area contributed by atoms with E-state index in [1.54, 1.807) is 7.11 Å². The highest BCUT2D eigenvalue weighted by Gasteiger charge is 2.07. The molecule has 120 valence electrons. The Morgan fingerprint density at radius 1 is 1.00 bits per heavy atom. The zero-order valence-electron chi connectivity index (χ0n) is 14.2. The van der Waals surface area contributed by atoms with Crippen molar-refractivity contribution in [1.29, 1.82) is 0 Å². The second kappa shape index (κ2) is 9.02. The van der Waals surface area contributed by atoms with Gasteiger partial charge in [-0.1, -0.05) is 56.0 Å². The summed E-state index contributed by atoms with van der Waals surface area (Å²) in [5, 5.41) is 3.56. The number of ether oxygens (including phenoxy) is 1. The van der Waals surface area contributed by atoms with Gasteiger partial charge in [0.05, 0.1) is 13.2 Å². The summed E-state index contributed by atoms with van der Waals surface area (Å²) >= 11 is 0. The Morgan fingerprint density at radius 3 is 2.30 bits per heavy atom.